The third-order valence-corrected chi connectivity index (χ3v) is 4.81. The Labute approximate surface area is 116 Å². The quantitative estimate of drug-likeness (QED) is 0.814. The third kappa shape index (κ3) is 3.25. The van der Waals surface area contributed by atoms with Gasteiger partial charge in [0.1, 0.15) is 11.6 Å². The summed E-state index contributed by atoms with van der Waals surface area (Å²) in [5.74, 6) is -2.36. The Morgan fingerprint density at radius 1 is 1.35 bits per heavy atom. The fraction of sp³-hybridized carbons (Fsp3) is 0.500. The number of nitrogens with zero attached hydrogens (tertiary/aromatic N) is 1. The van der Waals surface area contributed by atoms with Gasteiger partial charge in [-0.25, -0.2) is 21.9 Å². The first-order valence-electron chi connectivity index (χ1n) is 6.25. The number of rotatable bonds is 3. The first-order chi connectivity index (χ1) is 9.29. The Hall–Kier alpha value is -1.25. The van der Waals surface area contributed by atoms with E-state index in [1.165, 1.54) is 0 Å². The summed E-state index contributed by atoms with van der Waals surface area (Å²) in [6.07, 6.45) is 1.47. The summed E-state index contributed by atoms with van der Waals surface area (Å²) in [6.45, 7) is 1.39. The van der Waals surface area contributed by atoms with E-state index in [0.29, 0.717) is 13.0 Å². The number of piperidine rings is 1. The zero-order valence-electron chi connectivity index (χ0n) is 11.1. The number of hydrogen-bond acceptors (Lipinski definition) is 4. The topological polar surface area (TPSA) is 75.4 Å². The second-order valence-electron chi connectivity index (χ2n) is 5.04. The van der Waals surface area contributed by atoms with Crippen LogP contribution >= 0.6 is 0 Å². The highest BCUT2D eigenvalue weighted by Gasteiger charge is 2.29. The van der Waals surface area contributed by atoms with Crippen LogP contribution in [-0.2, 0) is 10.0 Å². The number of nitrogen functional groups attached to an aromatic ring is 1. The summed E-state index contributed by atoms with van der Waals surface area (Å²) >= 11 is 0. The third-order valence-electron chi connectivity index (χ3n) is 3.24. The van der Waals surface area contributed by atoms with Crippen LogP contribution in [0.1, 0.15) is 12.8 Å². The van der Waals surface area contributed by atoms with Crippen molar-refractivity contribution in [2.45, 2.75) is 23.8 Å². The molecule has 0 aromatic heterocycles. The van der Waals surface area contributed by atoms with Crippen LogP contribution in [0.25, 0.3) is 0 Å². The largest absolute Gasteiger partial charge is 0.399 e. The van der Waals surface area contributed by atoms with Gasteiger partial charge < -0.3 is 10.6 Å². The average Bonchev–Trinajstić information content (AvgIpc) is 2.25. The van der Waals surface area contributed by atoms with Crippen LogP contribution in [-0.4, -0.2) is 39.5 Å². The van der Waals surface area contributed by atoms with Crippen LogP contribution < -0.4 is 10.5 Å². The normalized spacial score (nSPS) is 21.1. The number of nitrogens with two attached hydrogens (primary N) is 1. The lowest BCUT2D eigenvalue weighted by Crippen LogP contribution is -2.46. The van der Waals surface area contributed by atoms with E-state index in [1.807, 2.05) is 11.9 Å². The van der Waals surface area contributed by atoms with Crippen LogP contribution in [0.3, 0.4) is 0 Å². The van der Waals surface area contributed by atoms with Crippen molar-refractivity contribution in [2.75, 3.05) is 25.9 Å². The zero-order valence-corrected chi connectivity index (χ0v) is 11.9. The second kappa shape index (κ2) is 5.63. The van der Waals surface area contributed by atoms with Gasteiger partial charge in [-0.05, 0) is 38.6 Å². The highest BCUT2D eigenvalue weighted by Crippen LogP contribution is 2.22. The van der Waals surface area contributed by atoms with E-state index in [-0.39, 0.29) is 11.7 Å². The molecule has 0 aliphatic carbocycles. The molecule has 0 saturated carbocycles. The molecule has 1 aliphatic rings. The Kier molecular flexibility index (Phi) is 4.26. The van der Waals surface area contributed by atoms with Crippen molar-refractivity contribution >= 4 is 15.7 Å². The Morgan fingerprint density at radius 3 is 2.50 bits per heavy atom. The van der Waals surface area contributed by atoms with E-state index in [4.69, 9.17) is 5.73 Å². The molecule has 1 atom stereocenters. The van der Waals surface area contributed by atoms with E-state index in [1.54, 1.807) is 0 Å². The SMILES string of the molecule is CN1CCCC(NS(=O)(=O)c2c(F)cc(N)cc2F)C1. The molecule has 0 radical (unpaired) electrons. The number of hydrogen-bond donors (Lipinski definition) is 2. The molecule has 20 heavy (non-hydrogen) atoms. The summed E-state index contributed by atoms with van der Waals surface area (Å²) in [7, 11) is -2.38. The van der Waals surface area contributed by atoms with Gasteiger partial charge in [-0.2, -0.15) is 0 Å². The van der Waals surface area contributed by atoms with E-state index >= 15 is 0 Å². The number of nitrogens with one attached hydrogen (secondary N) is 1. The summed E-state index contributed by atoms with van der Waals surface area (Å²) < 4.78 is 53.9. The molecule has 0 bridgehead atoms. The minimum atomic E-state index is -4.24. The summed E-state index contributed by atoms with van der Waals surface area (Å²) in [5.41, 5.74) is 5.12. The van der Waals surface area contributed by atoms with Crippen molar-refractivity contribution in [3.8, 4) is 0 Å². The standard InChI is InChI=1S/C12H17F2N3O2S/c1-17-4-2-3-9(7-17)16-20(18,19)12-10(13)5-8(15)6-11(12)14/h5-6,9,16H,2-4,7,15H2,1H3. The minimum absolute atomic E-state index is 0.156. The lowest BCUT2D eigenvalue weighted by Gasteiger charge is -2.30. The van der Waals surface area contributed by atoms with Crippen LogP contribution in [0, 0.1) is 11.6 Å². The predicted octanol–water partition coefficient (Wildman–Crippen LogP) is 0.920. The maximum absolute atomic E-state index is 13.7. The smallest absolute Gasteiger partial charge is 0.246 e. The zero-order chi connectivity index (χ0) is 14.9. The summed E-state index contributed by atoms with van der Waals surface area (Å²) in [5, 5.41) is 0. The van der Waals surface area contributed by atoms with Crippen LogP contribution in [0.5, 0.6) is 0 Å². The van der Waals surface area contributed by atoms with Crippen molar-refractivity contribution in [3.05, 3.63) is 23.8 Å². The number of anilines is 1. The van der Waals surface area contributed by atoms with Gasteiger partial charge >= 0.3 is 0 Å². The highest BCUT2D eigenvalue weighted by atomic mass is 32.2. The van der Waals surface area contributed by atoms with Gasteiger partial charge in [0.15, 0.2) is 4.90 Å². The van der Waals surface area contributed by atoms with Crippen molar-refractivity contribution in [1.82, 2.24) is 9.62 Å². The number of sulfonamides is 1. The molecule has 0 amide bonds. The fourth-order valence-corrected chi connectivity index (χ4v) is 3.76. The maximum atomic E-state index is 13.7. The summed E-state index contributed by atoms with van der Waals surface area (Å²) in [6, 6.07) is 1.24. The second-order valence-corrected chi connectivity index (χ2v) is 6.69. The molecule has 1 heterocycles. The number of likely N-dealkylation sites (N-methyl/N-ethyl adjacent to an activating group) is 1. The monoisotopic (exact) mass is 305 g/mol. The molecular formula is C12H17F2N3O2S. The first-order valence-corrected chi connectivity index (χ1v) is 7.73. The Bertz CT molecular complexity index is 584. The molecule has 1 aliphatic heterocycles. The van der Waals surface area contributed by atoms with Crippen molar-refractivity contribution in [1.29, 1.82) is 0 Å². The first kappa shape index (κ1) is 15.1. The Balaban J connectivity index is 2.27. The van der Waals surface area contributed by atoms with Gasteiger partial charge in [0.25, 0.3) is 0 Å². The molecule has 5 nitrogen and oxygen atoms in total. The highest BCUT2D eigenvalue weighted by molar-refractivity contribution is 7.89. The number of halogens is 2. The van der Waals surface area contributed by atoms with Crippen LogP contribution in [0.2, 0.25) is 0 Å². The van der Waals surface area contributed by atoms with E-state index in [9.17, 15) is 17.2 Å². The van der Waals surface area contributed by atoms with Crippen LogP contribution in [0.15, 0.2) is 17.0 Å². The number of benzene rings is 1. The van der Waals surface area contributed by atoms with E-state index < -0.39 is 26.6 Å². The minimum Gasteiger partial charge on any atom is -0.399 e. The van der Waals surface area contributed by atoms with E-state index in [0.717, 1.165) is 25.1 Å². The van der Waals surface area contributed by atoms with Gasteiger partial charge in [-0.15, -0.1) is 0 Å². The van der Waals surface area contributed by atoms with Crippen LogP contribution in [0.4, 0.5) is 14.5 Å². The molecule has 1 unspecified atom stereocenters. The molecule has 112 valence electrons. The predicted molar refractivity (Wildman–Crippen MR) is 71.6 cm³/mol. The van der Waals surface area contributed by atoms with Crippen molar-refractivity contribution in [2.24, 2.45) is 0 Å². The molecule has 1 saturated heterocycles. The molecule has 1 aromatic rings. The van der Waals surface area contributed by atoms with Gasteiger partial charge in [0.05, 0.1) is 0 Å². The number of likely N-dealkylation sites (tertiary alicyclic amines) is 1. The lowest BCUT2D eigenvalue weighted by molar-refractivity contribution is 0.242. The van der Waals surface area contributed by atoms with Gasteiger partial charge in [0.2, 0.25) is 10.0 Å². The Morgan fingerprint density at radius 2 is 1.95 bits per heavy atom. The molecule has 8 heteroatoms. The molecule has 1 aromatic carbocycles. The molecular weight excluding hydrogens is 288 g/mol. The maximum Gasteiger partial charge on any atom is 0.246 e. The molecule has 2 rings (SSSR count). The van der Waals surface area contributed by atoms with Gasteiger partial charge in [-0.1, -0.05) is 0 Å². The lowest BCUT2D eigenvalue weighted by atomic mass is 10.1. The van der Waals surface area contributed by atoms with E-state index in [2.05, 4.69) is 4.72 Å². The van der Waals surface area contributed by atoms with Crippen molar-refractivity contribution in [3.63, 3.8) is 0 Å². The van der Waals surface area contributed by atoms with Crippen molar-refractivity contribution < 1.29 is 17.2 Å². The molecule has 3 N–H and O–H groups in total. The fourth-order valence-electron chi connectivity index (χ4n) is 2.38. The molecule has 1 fully saturated rings. The average molecular weight is 305 g/mol. The van der Waals surface area contributed by atoms with Gasteiger partial charge in [-0.3, -0.25) is 0 Å². The summed E-state index contributed by atoms with van der Waals surface area (Å²) in [4.78, 5) is 0.992. The molecule has 0 spiro atoms. The van der Waals surface area contributed by atoms with Gasteiger partial charge in [0, 0.05) is 18.3 Å².